The second-order valence-electron chi connectivity index (χ2n) is 2.10. The molecule has 0 amide bonds. The van der Waals surface area contributed by atoms with Crippen LogP contribution in [0.3, 0.4) is 0 Å². The predicted molar refractivity (Wildman–Crippen MR) is 39.8 cm³/mol. The molecule has 0 aliphatic heterocycles. The van der Waals surface area contributed by atoms with Crippen LogP contribution in [0.15, 0.2) is 11.1 Å². The van der Waals surface area contributed by atoms with E-state index in [2.05, 4.69) is 0 Å². The number of carboxylic acid groups (broad SMARTS) is 1. The molecule has 0 heterocycles. The molecule has 10 heavy (non-hydrogen) atoms. The Kier molecular flexibility index (Phi) is 4.07. The van der Waals surface area contributed by atoms with Crippen molar-refractivity contribution in [2.24, 2.45) is 5.73 Å². The van der Waals surface area contributed by atoms with Gasteiger partial charge < -0.3 is 10.8 Å². The van der Waals surface area contributed by atoms with Gasteiger partial charge in [0.05, 0.1) is 0 Å². The molecule has 0 aromatic heterocycles. The Hall–Kier alpha value is -0.540. The molecule has 4 heteroatoms. The first-order valence-corrected chi connectivity index (χ1v) is 3.25. The molecule has 0 aliphatic rings. The Bertz CT molecular complexity index is 156. The van der Waals surface area contributed by atoms with Crippen molar-refractivity contribution in [3.63, 3.8) is 0 Å². The van der Waals surface area contributed by atoms with Crippen LogP contribution >= 0.6 is 11.6 Å². The summed E-state index contributed by atoms with van der Waals surface area (Å²) in [4.78, 5) is 10.2. The maximum atomic E-state index is 10.2. The number of hydrogen-bond donors (Lipinski definition) is 2. The molecule has 3 N–H and O–H groups in total. The van der Waals surface area contributed by atoms with Crippen LogP contribution in [0.5, 0.6) is 0 Å². The summed E-state index contributed by atoms with van der Waals surface area (Å²) >= 11 is 5.29. The van der Waals surface area contributed by atoms with E-state index in [1.165, 1.54) is 5.54 Å². The fourth-order valence-corrected chi connectivity index (χ4v) is 0.568. The molecule has 0 radical (unpaired) electrons. The molecule has 0 saturated heterocycles. The standard InChI is InChI=1S/C6H10ClNO2/c1-4(3-7)2-5(8)6(9)10/h3,5H,2,8H2,1H3,(H,9,10)/t5-/m0/s1. The van der Waals surface area contributed by atoms with E-state index in [0.29, 0.717) is 6.42 Å². The van der Waals surface area contributed by atoms with Gasteiger partial charge in [-0.3, -0.25) is 4.79 Å². The van der Waals surface area contributed by atoms with Crippen molar-refractivity contribution in [2.45, 2.75) is 19.4 Å². The summed E-state index contributed by atoms with van der Waals surface area (Å²) in [6.45, 7) is 1.73. The molecule has 0 aromatic rings. The Morgan fingerprint density at radius 2 is 2.40 bits per heavy atom. The molecule has 3 nitrogen and oxygen atoms in total. The molecule has 0 fully saturated rings. The van der Waals surface area contributed by atoms with Gasteiger partial charge in [-0.05, 0) is 13.3 Å². The van der Waals surface area contributed by atoms with E-state index in [1.54, 1.807) is 6.92 Å². The second kappa shape index (κ2) is 4.30. The summed E-state index contributed by atoms with van der Waals surface area (Å²) in [5.74, 6) is -1.00. The van der Waals surface area contributed by atoms with Crippen LogP contribution in [0.25, 0.3) is 0 Å². The van der Waals surface area contributed by atoms with E-state index in [0.717, 1.165) is 5.57 Å². The van der Waals surface area contributed by atoms with Crippen molar-refractivity contribution in [1.29, 1.82) is 0 Å². The molecule has 0 bridgehead atoms. The van der Waals surface area contributed by atoms with Crippen LogP contribution in [0.1, 0.15) is 13.3 Å². The van der Waals surface area contributed by atoms with Crippen LogP contribution in [0.4, 0.5) is 0 Å². The van der Waals surface area contributed by atoms with Crippen LogP contribution in [0.2, 0.25) is 0 Å². The summed E-state index contributed by atoms with van der Waals surface area (Å²) in [5, 5.41) is 8.33. The summed E-state index contributed by atoms with van der Waals surface area (Å²) < 4.78 is 0. The number of hydrogen-bond acceptors (Lipinski definition) is 2. The van der Waals surface area contributed by atoms with E-state index in [9.17, 15) is 4.79 Å². The van der Waals surface area contributed by atoms with Gasteiger partial charge in [-0.15, -0.1) is 0 Å². The van der Waals surface area contributed by atoms with Crippen LogP contribution in [0, 0.1) is 0 Å². The van der Waals surface area contributed by atoms with E-state index in [-0.39, 0.29) is 0 Å². The predicted octanol–water partition coefficient (Wildman–Crippen LogP) is 0.931. The monoisotopic (exact) mass is 163 g/mol. The van der Waals surface area contributed by atoms with Crippen LogP contribution < -0.4 is 5.73 Å². The third-order valence-corrected chi connectivity index (χ3v) is 1.42. The fourth-order valence-electron chi connectivity index (χ4n) is 0.479. The van der Waals surface area contributed by atoms with Crippen molar-refractivity contribution >= 4 is 17.6 Å². The number of carbonyl (C=O) groups is 1. The maximum absolute atomic E-state index is 10.2. The van der Waals surface area contributed by atoms with Gasteiger partial charge in [-0.2, -0.15) is 0 Å². The SMILES string of the molecule is CC(=CCl)C[C@H](N)C(=O)O. The lowest BCUT2D eigenvalue weighted by atomic mass is 10.1. The first-order chi connectivity index (χ1) is 4.57. The zero-order valence-corrected chi connectivity index (χ0v) is 6.43. The molecular formula is C6H10ClNO2. The Labute approximate surface area is 64.5 Å². The summed E-state index contributed by atoms with van der Waals surface area (Å²) in [6, 6.07) is -0.838. The fraction of sp³-hybridized carbons (Fsp3) is 0.500. The molecule has 0 spiro atoms. The highest BCUT2D eigenvalue weighted by atomic mass is 35.5. The molecule has 0 aliphatic carbocycles. The Balaban J connectivity index is 3.80. The zero-order valence-electron chi connectivity index (χ0n) is 5.67. The van der Waals surface area contributed by atoms with E-state index < -0.39 is 12.0 Å². The average Bonchev–Trinajstić information content (AvgIpc) is 1.87. The van der Waals surface area contributed by atoms with Gasteiger partial charge in [-0.25, -0.2) is 0 Å². The lowest BCUT2D eigenvalue weighted by molar-refractivity contribution is -0.138. The van der Waals surface area contributed by atoms with Gasteiger partial charge in [0.15, 0.2) is 0 Å². The first-order valence-electron chi connectivity index (χ1n) is 2.82. The topological polar surface area (TPSA) is 63.3 Å². The Morgan fingerprint density at radius 1 is 1.90 bits per heavy atom. The van der Waals surface area contributed by atoms with E-state index in [4.69, 9.17) is 22.4 Å². The molecule has 1 atom stereocenters. The van der Waals surface area contributed by atoms with Crippen LogP contribution in [-0.4, -0.2) is 17.1 Å². The number of nitrogens with two attached hydrogens (primary N) is 1. The molecule has 0 aromatic carbocycles. The lowest BCUT2D eigenvalue weighted by Gasteiger charge is -2.03. The van der Waals surface area contributed by atoms with Crippen molar-refractivity contribution in [1.82, 2.24) is 0 Å². The van der Waals surface area contributed by atoms with E-state index in [1.807, 2.05) is 0 Å². The van der Waals surface area contributed by atoms with Crippen molar-refractivity contribution in [3.8, 4) is 0 Å². The maximum Gasteiger partial charge on any atom is 0.320 e. The van der Waals surface area contributed by atoms with Crippen molar-refractivity contribution in [2.75, 3.05) is 0 Å². The summed E-state index contributed by atoms with van der Waals surface area (Å²) in [7, 11) is 0. The number of halogens is 1. The highest BCUT2D eigenvalue weighted by Gasteiger charge is 2.10. The number of carboxylic acids is 1. The normalized spacial score (nSPS) is 14.9. The number of aliphatic carboxylic acids is 1. The van der Waals surface area contributed by atoms with E-state index >= 15 is 0 Å². The van der Waals surface area contributed by atoms with Gasteiger partial charge in [-0.1, -0.05) is 17.2 Å². The minimum atomic E-state index is -1.00. The molecule has 0 rings (SSSR count). The molecule has 0 saturated carbocycles. The Morgan fingerprint density at radius 3 is 2.70 bits per heavy atom. The first kappa shape index (κ1) is 9.46. The highest BCUT2D eigenvalue weighted by Crippen LogP contribution is 2.03. The minimum Gasteiger partial charge on any atom is -0.480 e. The molecule has 58 valence electrons. The highest BCUT2D eigenvalue weighted by molar-refractivity contribution is 6.25. The molecule has 0 unspecified atom stereocenters. The summed E-state index contributed by atoms with van der Waals surface area (Å²) in [5.41, 5.74) is 7.30. The summed E-state index contributed by atoms with van der Waals surface area (Å²) in [6.07, 6.45) is 0.304. The smallest absolute Gasteiger partial charge is 0.320 e. The van der Waals surface area contributed by atoms with Crippen molar-refractivity contribution in [3.05, 3.63) is 11.1 Å². The molecular weight excluding hydrogens is 154 g/mol. The van der Waals surface area contributed by atoms with Gasteiger partial charge in [0.25, 0.3) is 0 Å². The average molecular weight is 164 g/mol. The lowest BCUT2D eigenvalue weighted by Crippen LogP contribution is -2.29. The van der Waals surface area contributed by atoms with Crippen molar-refractivity contribution < 1.29 is 9.90 Å². The van der Waals surface area contributed by atoms with Gasteiger partial charge in [0.1, 0.15) is 6.04 Å². The quantitative estimate of drug-likeness (QED) is 0.651. The van der Waals surface area contributed by atoms with Crippen LogP contribution in [-0.2, 0) is 4.79 Å². The number of rotatable bonds is 3. The van der Waals surface area contributed by atoms with Gasteiger partial charge in [0.2, 0.25) is 0 Å². The second-order valence-corrected chi connectivity index (χ2v) is 2.32. The van der Waals surface area contributed by atoms with Gasteiger partial charge in [0, 0.05) is 5.54 Å². The third-order valence-electron chi connectivity index (χ3n) is 1.05. The largest absolute Gasteiger partial charge is 0.480 e. The minimum absolute atomic E-state index is 0.304. The van der Waals surface area contributed by atoms with Gasteiger partial charge >= 0.3 is 5.97 Å². The third kappa shape index (κ3) is 3.48. The zero-order chi connectivity index (χ0) is 8.15.